The summed E-state index contributed by atoms with van der Waals surface area (Å²) in [6.07, 6.45) is 5.36. The highest BCUT2D eigenvalue weighted by Gasteiger charge is 2.50. The number of nitrogens with zero attached hydrogens (tertiary/aromatic N) is 3. The maximum absolute atomic E-state index is 14.1. The van der Waals surface area contributed by atoms with E-state index in [-0.39, 0.29) is 43.5 Å². The van der Waals surface area contributed by atoms with Gasteiger partial charge in [-0.25, -0.2) is 24.6 Å². The van der Waals surface area contributed by atoms with Crippen LogP contribution in [0.2, 0.25) is 0 Å². The summed E-state index contributed by atoms with van der Waals surface area (Å²) in [4.78, 5) is 58.9. The summed E-state index contributed by atoms with van der Waals surface area (Å²) in [6.45, 7) is 7.25. The highest BCUT2D eigenvalue weighted by molar-refractivity contribution is 8.32. The second-order valence-corrected chi connectivity index (χ2v) is 17.3. The molecule has 0 saturated carbocycles. The zero-order valence-electron chi connectivity index (χ0n) is 27.9. The Morgan fingerprint density at radius 3 is 2.62 bits per heavy atom. The van der Waals surface area contributed by atoms with Crippen molar-refractivity contribution in [2.45, 2.75) is 89.0 Å². The van der Waals surface area contributed by atoms with Gasteiger partial charge in [0, 0.05) is 40.8 Å². The Labute approximate surface area is 275 Å². The summed E-state index contributed by atoms with van der Waals surface area (Å²) in [5.41, 5.74) is 0.817. The molecule has 0 spiro atoms. The van der Waals surface area contributed by atoms with Gasteiger partial charge >= 0.3 is 18.0 Å². The van der Waals surface area contributed by atoms with Crippen LogP contribution in [0.15, 0.2) is 40.0 Å². The molecule has 0 saturated heterocycles. The number of carbonyl (C=O) groups excluding carboxylic acids is 3. The van der Waals surface area contributed by atoms with E-state index in [2.05, 4.69) is 30.0 Å². The first-order valence-corrected chi connectivity index (χ1v) is 18.5. The number of esters is 2. The molecule has 47 heavy (non-hydrogen) atoms. The molecule has 1 N–H and O–H groups in total. The van der Waals surface area contributed by atoms with Gasteiger partial charge in [-0.2, -0.15) is 5.26 Å². The average molecular weight is 663 g/mol. The maximum atomic E-state index is 14.1. The summed E-state index contributed by atoms with van der Waals surface area (Å²) in [7, 11) is -1.40. The number of aromatic nitrogens is 2. The monoisotopic (exact) mass is 662 g/mol. The molecule has 2 aliphatic heterocycles. The lowest BCUT2D eigenvalue weighted by atomic mass is 9.85. The van der Waals surface area contributed by atoms with Gasteiger partial charge in [0.25, 0.3) is 5.56 Å². The number of amides is 1. The van der Waals surface area contributed by atoms with Crippen LogP contribution in [0.5, 0.6) is 0 Å². The van der Waals surface area contributed by atoms with Gasteiger partial charge in [-0.05, 0) is 70.4 Å². The summed E-state index contributed by atoms with van der Waals surface area (Å²) in [6, 6.07) is 11.9. The van der Waals surface area contributed by atoms with E-state index in [9.17, 15) is 24.4 Å². The SMILES string of the molecule is CC[C@@]1(OC(=O)CCCNC(=O)OC(C)(C)C)C(=O)OCc2c1cc1n(c2=O)Cc2c-1nc1ccccc1c2S(C)(C)CCCC#N. The number of benzene rings is 1. The largest absolute Gasteiger partial charge is 0.457 e. The molecule has 2 aliphatic rings. The number of pyridine rings is 2. The molecule has 3 aromatic rings. The second kappa shape index (κ2) is 13.0. The van der Waals surface area contributed by atoms with Crippen molar-refractivity contribution in [3.63, 3.8) is 0 Å². The van der Waals surface area contributed by atoms with Crippen molar-refractivity contribution in [2.24, 2.45) is 0 Å². The van der Waals surface area contributed by atoms with Crippen LogP contribution in [0, 0.1) is 11.3 Å². The van der Waals surface area contributed by atoms with Gasteiger partial charge in [0.05, 0.1) is 35.1 Å². The third kappa shape index (κ3) is 6.59. The predicted octanol–water partition coefficient (Wildman–Crippen LogP) is 5.66. The Bertz CT molecular complexity index is 1850. The number of hydrogen-bond donors (Lipinski definition) is 1. The Morgan fingerprint density at radius 2 is 1.91 bits per heavy atom. The molecule has 2 aromatic heterocycles. The third-order valence-electron chi connectivity index (χ3n) is 8.52. The first-order valence-electron chi connectivity index (χ1n) is 15.9. The van der Waals surface area contributed by atoms with Gasteiger partial charge < -0.3 is 24.1 Å². The average Bonchev–Trinajstić information content (AvgIpc) is 3.37. The van der Waals surface area contributed by atoms with Gasteiger partial charge in [-0.1, -0.05) is 25.1 Å². The number of alkyl carbamates (subject to hydrolysis) is 1. The summed E-state index contributed by atoms with van der Waals surface area (Å²) < 4.78 is 18.3. The second-order valence-electron chi connectivity index (χ2n) is 13.4. The third-order valence-corrected chi connectivity index (χ3v) is 11.4. The van der Waals surface area contributed by atoms with Crippen molar-refractivity contribution in [1.29, 1.82) is 5.26 Å². The van der Waals surface area contributed by atoms with Crippen molar-refractivity contribution in [3.05, 3.63) is 57.4 Å². The smallest absolute Gasteiger partial charge is 0.407 e. The first-order chi connectivity index (χ1) is 22.2. The van der Waals surface area contributed by atoms with Gasteiger partial charge in [0.2, 0.25) is 5.60 Å². The van der Waals surface area contributed by atoms with E-state index in [1.807, 2.05) is 18.2 Å². The van der Waals surface area contributed by atoms with E-state index in [1.54, 1.807) is 38.3 Å². The fourth-order valence-electron chi connectivity index (χ4n) is 6.38. The minimum atomic E-state index is -1.80. The highest BCUT2D eigenvalue weighted by atomic mass is 32.3. The number of ether oxygens (including phenoxy) is 3. The Balaban J connectivity index is 1.51. The van der Waals surface area contributed by atoms with E-state index in [0.717, 1.165) is 33.5 Å². The number of fused-ring (bicyclic) bond motifs is 5. The van der Waals surface area contributed by atoms with E-state index < -0.39 is 39.3 Å². The zero-order valence-corrected chi connectivity index (χ0v) is 28.7. The molecule has 11 nitrogen and oxygen atoms in total. The topological polar surface area (TPSA) is 150 Å². The zero-order chi connectivity index (χ0) is 34.1. The Kier molecular flexibility index (Phi) is 9.42. The van der Waals surface area contributed by atoms with Gasteiger partial charge in [0.15, 0.2) is 0 Å². The number of para-hydroxylation sites is 1. The molecule has 1 aromatic carbocycles. The minimum Gasteiger partial charge on any atom is -0.457 e. The quantitative estimate of drug-likeness (QED) is 0.129. The summed E-state index contributed by atoms with van der Waals surface area (Å²) in [5.74, 6) is -0.531. The fraction of sp³-hybridized carbons (Fsp3) is 0.486. The van der Waals surface area contributed by atoms with Crippen LogP contribution in [-0.4, -0.2) is 58.0 Å². The minimum absolute atomic E-state index is 0.0585. The van der Waals surface area contributed by atoms with Gasteiger partial charge in [-0.3, -0.25) is 9.59 Å². The lowest BCUT2D eigenvalue weighted by Gasteiger charge is -2.35. The van der Waals surface area contributed by atoms with Crippen molar-refractivity contribution in [2.75, 3.05) is 24.8 Å². The molecule has 250 valence electrons. The van der Waals surface area contributed by atoms with Crippen molar-refractivity contribution >= 4 is 39.0 Å². The number of nitriles is 1. The van der Waals surface area contributed by atoms with Crippen LogP contribution in [0.4, 0.5) is 4.79 Å². The van der Waals surface area contributed by atoms with Crippen LogP contribution >= 0.6 is 10.0 Å². The number of nitrogens with one attached hydrogen (secondary N) is 1. The molecule has 1 amide bonds. The lowest BCUT2D eigenvalue weighted by Crippen LogP contribution is -2.47. The van der Waals surface area contributed by atoms with Crippen molar-refractivity contribution in [1.82, 2.24) is 14.9 Å². The Morgan fingerprint density at radius 1 is 1.17 bits per heavy atom. The summed E-state index contributed by atoms with van der Waals surface area (Å²) >= 11 is 0. The van der Waals surface area contributed by atoms with Crippen LogP contribution < -0.4 is 10.9 Å². The van der Waals surface area contributed by atoms with Crippen LogP contribution in [0.25, 0.3) is 22.3 Å². The normalized spacial score (nSPS) is 17.2. The van der Waals surface area contributed by atoms with Gasteiger partial charge in [0.1, 0.15) is 12.2 Å². The predicted molar refractivity (Wildman–Crippen MR) is 179 cm³/mol. The Hall–Kier alpha value is -4.37. The number of cyclic esters (lactones) is 1. The molecular weight excluding hydrogens is 620 g/mol. The number of unbranched alkanes of at least 4 members (excludes halogenated alkanes) is 1. The molecule has 0 fully saturated rings. The molecule has 0 radical (unpaired) electrons. The molecule has 5 rings (SSSR count). The standard InChI is InChI=1S/C35H42N4O7S/c1-7-35(45-28(40)15-12-17-37-33(43)46-34(2,3)4)25-19-27-29-23(20-39(27)31(41)24(25)21-44-32(35)42)30(47(5,6)18-11-10-16-36)22-13-8-9-14-26(22)38-29/h8-9,13-14,19H,7,10-12,15,17-18,20-21H2,1-6H3,(H,37,43)/t35-/m0/s1. The number of rotatable bonds is 10. The number of hydrogen-bond acceptors (Lipinski definition) is 9. The molecule has 0 aliphatic carbocycles. The maximum Gasteiger partial charge on any atom is 0.407 e. The van der Waals surface area contributed by atoms with E-state index in [0.29, 0.717) is 29.9 Å². The van der Waals surface area contributed by atoms with Gasteiger partial charge in [-0.15, -0.1) is 0 Å². The van der Waals surface area contributed by atoms with Crippen LogP contribution in [-0.2, 0) is 42.6 Å². The van der Waals surface area contributed by atoms with Crippen molar-refractivity contribution in [3.8, 4) is 17.5 Å². The molecule has 4 heterocycles. The fourth-order valence-corrected chi connectivity index (χ4v) is 9.04. The molecule has 0 bridgehead atoms. The molecule has 0 unspecified atom stereocenters. The molecule has 1 atom stereocenters. The first kappa shape index (κ1) is 34.0. The molecule has 12 heteroatoms. The number of carbonyl (C=O) groups is 3. The van der Waals surface area contributed by atoms with E-state index >= 15 is 0 Å². The lowest BCUT2D eigenvalue weighted by molar-refractivity contribution is -0.189. The summed E-state index contributed by atoms with van der Waals surface area (Å²) in [5, 5.41) is 12.8. The van der Waals surface area contributed by atoms with E-state index in [4.69, 9.17) is 19.2 Å². The van der Waals surface area contributed by atoms with E-state index in [1.165, 1.54) is 0 Å². The van der Waals surface area contributed by atoms with Crippen LogP contribution in [0.3, 0.4) is 0 Å². The molecular formula is C35H42N4O7S. The van der Waals surface area contributed by atoms with Crippen LogP contribution in [0.1, 0.15) is 76.5 Å². The highest BCUT2D eigenvalue weighted by Crippen LogP contribution is 2.56. The van der Waals surface area contributed by atoms with Crippen molar-refractivity contribution < 1.29 is 28.6 Å².